The van der Waals surface area contributed by atoms with Gasteiger partial charge in [-0.25, -0.2) is 4.79 Å². The van der Waals surface area contributed by atoms with Crippen LogP contribution in [0, 0.1) is 0 Å². The quantitative estimate of drug-likeness (QED) is 0.861. The lowest BCUT2D eigenvalue weighted by molar-refractivity contribution is 0.0523. The molecule has 4 nitrogen and oxygen atoms in total. The molecule has 2 N–H and O–H groups in total. The average molecular weight is 262 g/mol. The van der Waals surface area contributed by atoms with Crippen LogP contribution in [0.3, 0.4) is 0 Å². The lowest BCUT2D eigenvalue weighted by Crippen LogP contribution is -2.32. The molecular weight excluding hydrogens is 240 g/mol. The van der Waals surface area contributed by atoms with Gasteiger partial charge in [0.15, 0.2) is 0 Å². The Labute approximate surface area is 114 Å². The molecule has 0 saturated carbocycles. The lowest BCUT2D eigenvalue weighted by atomic mass is 9.99. The zero-order valence-electron chi connectivity index (χ0n) is 11.9. The Morgan fingerprint density at radius 1 is 1.42 bits per heavy atom. The summed E-state index contributed by atoms with van der Waals surface area (Å²) in [6.45, 7) is 7.07. The molecule has 2 rings (SSSR count). The van der Waals surface area contributed by atoms with E-state index in [1.54, 1.807) is 0 Å². The molecule has 1 aromatic rings. The Hall–Kier alpha value is -1.71. The summed E-state index contributed by atoms with van der Waals surface area (Å²) in [6.07, 6.45) is 1.89. The Bertz CT molecular complexity index is 464. The van der Waals surface area contributed by atoms with Crippen LogP contribution in [0.25, 0.3) is 0 Å². The summed E-state index contributed by atoms with van der Waals surface area (Å²) in [5, 5.41) is 6.22. The zero-order chi connectivity index (χ0) is 13.9. The van der Waals surface area contributed by atoms with Crippen LogP contribution in [-0.2, 0) is 17.7 Å². The van der Waals surface area contributed by atoms with Crippen LogP contribution in [0.5, 0.6) is 0 Å². The van der Waals surface area contributed by atoms with E-state index in [9.17, 15) is 4.79 Å². The number of alkyl carbamates (subject to hydrolysis) is 1. The van der Waals surface area contributed by atoms with E-state index in [0.717, 1.165) is 24.9 Å². The van der Waals surface area contributed by atoms with Crippen LogP contribution < -0.4 is 10.6 Å². The van der Waals surface area contributed by atoms with Crippen molar-refractivity contribution in [3.05, 3.63) is 29.3 Å². The number of hydrogen-bond donors (Lipinski definition) is 2. The molecule has 0 fully saturated rings. The summed E-state index contributed by atoms with van der Waals surface area (Å²) in [4.78, 5) is 11.6. The van der Waals surface area contributed by atoms with Gasteiger partial charge in [0.1, 0.15) is 5.60 Å². The van der Waals surface area contributed by atoms with E-state index in [2.05, 4.69) is 16.7 Å². The summed E-state index contributed by atoms with van der Waals surface area (Å²) < 4.78 is 5.23. The summed E-state index contributed by atoms with van der Waals surface area (Å²) >= 11 is 0. The predicted molar refractivity (Wildman–Crippen MR) is 76.3 cm³/mol. The van der Waals surface area contributed by atoms with Gasteiger partial charge in [-0.3, -0.25) is 0 Å². The molecule has 0 spiro atoms. The van der Waals surface area contributed by atoms with Gasteiger partial charge in [0.05, 0.1) is 0 Å². The van der Waals surface area contributed by atoms with Crippen molar-refractivity contribution in [1.82, 2.24) is 5.32 Å². The van der Waals surface area contributed by atoms with E-state index < -0.39 is 5.60 Å². The number of hydrogen-bond acceptors (Lipinski definition) is 3. The third kappa shape index (κ3) is 3.88. The number of nitrogens with one attached hydrogen (secondary N) is 2. The van der Waals surface area contributed by atoms with Crippen LogP contribution in [0.2, 0.25) is 0 Å². The molecule has 1 aliphatic heterocycles. The highest BCUT2D eigenvalue weighted by Gasteiger charge is 2.17. The number of carbonyl (C=O) groups is 1. The molecule has 19 heavy (non-hydrogen) atoms. The minimum absolute atomic E-state index is 0.374. The molecule has 0 unspecified atom stereocenters. The number of aryl methyl sites for hydroxylation is 1. The van der Waals surface area contributed by atoms with Gasteiger partial charge in [0.2, 0.25) is 0 Å². The van der Waals surface area contributed by atoms with Crippen molar-refractivity contribution in [2.45, 2.75) is 45.8 Å². The van der Waals surface area contributed by atoms with Crippen molar-refractivity contribution in [3.8, 4) is 0 Å². The fourth-order valence-electron chi connectivity index (χ4n) is 2.21. The number of carbonyl (C=O) groups excluding carboxylic acids is 1. The largest absolute Gasteiger partial charge is 0.444 e. The first-order valence-corrected chi connectivity index (χ1v) is 6.77. The summed E-state index contributed by atoms with van der Waals surface area (Å²) in [5.41, 5.74) is 3.15. The Balaban J connectivity index is 1.98. The van der Waals surface area contributed by atoms with Gasteiger partial charge in [-0.1, -0.05) is 18.2 Å². The van der Waals surface area contributed by atoms with Crippen molar-refractivity contribution in [1.29, 1.82) is 0 Å². The molecule has 0 atom stereocenters. The fraction of sp³-hybridized carbons (Fsp3) is 0.533. The van der Waals surface area contributed by atoms with Gasteiger partial charge in [-0.05, 0) is 44.7 Å². The van der Waals surface area contributed by atoms with Crippen molar-refractivity contribution in [3.63, 3.8) is 0 Å². The molecule has 0 radical (unpaired) electrons. The highest BCUT2D eigenvalue weighted by Crippen LogP contribution is 2.25. The van der Waals surface area contributed by atoms with Gasteiger partial charge in [-0.15, -0.1) is 0 Å². The second-order valence-electron chi connectivity index (χ2n) is 5.84. The first-order chi connectivity index (χ1) is 8.96. The lowest BCUT2D eigenvalue weighted by Gasteiger charge is -2.22. The Morgan fingerprint density at radius 2 is 2.21 bits per heavy atom. The van der Waals surface area contributed by atoms with Crippen molar-refractivity contribution < 1.29 is 9.53 Å². The average Bonchev–Trinajstić information content (AvgIpc) is 2.34. The molecule has 104 valence electrons. The normalized spacial score (nSPS) is 14.3. The molecule has 1 heterocycles. The maximum Gasteiger partial charge on any atom is 0.407 e. The Morgan fingerprint density at radius 3 is 2.95 bits per heavy atom. The van der Waals surface area contributed by atoms with E-state index in [1.165, 1.54) is 11.3 Å². The standard InChI is InChI=1S/C15H22N2O2/c1-15(2,3)19-14(18)17-10-12-7-4-6-11-8-5-9-16-13(11)12/h4,6-7,16H,5,8-10H2,1-3H3,(H,17,18). The second kappa shape index (κ2) is 5.51. The van der Waals surface area contributed by atoms with E-state index in [-0.39, 0.29) is 6.09 Å². The van der Waals surface area contributed by atoms with Crippen molar-refractivity contribution in [2.75, 3.05) is 11.9 Å². The number of benzene rings is 1. The number of para-hydroxylation sites is 1. The molecule has 0 aromatic heterocycles. The minimum Gasteiger partial charge on any atom is -0.444 e. The van der Waals surface area contributed by atoms with E-state index >= 15 is 0 Å². The number of fused-ring (bicyclic) bond motifs is 1. The maximum atomic E-state index is 11.6. The summed E-state index contributed by atoms with van der Waals surface area (Å²) in [6, 6.07) is 6.21. The van der Waals surface area contributed by atoms with Gasteiger partial charge < -0.3 is 15.4 Å². The van der Waals surface area contributed by atoms with Crippen LogP contribution in [0.1, 0.15) is 38.3 Å². The monoisotopic (exact) mass is 262 g/mol. The molecule has 4 heteroatoms. The molecular formula is C15H22N2O2. The van der Waals surface area contributed by atoms with Crippen molar-refractivity contribution in [2.24, 2.45) is 0 Å². The van der Waals surface area contributed by atoms with Gasteiger partial charge >= 0.3 is 6.09 Å². The first-order valence-electron chi connectivity index (χ1n) is 6.77. The molecule has 0 saturated heterocycles. The highest BCUT2D eigenvalue weighted by molar-refractivity contribution is 5.68. The third-order valence-corrected chi connectivity index (χ3v) is 2.98. The molecule has 1 aliphatic rings. The van der Waals surface area contributed by atoms with Crippen LogP contribution in [-0.4, -0.2) is 18.2 Å². The molecule has 0 aliphatic carbocycles. The van der Waals surface area contributed by atoms with Gasteiger partial charge in [0, 0.05) is 18.8 Å². The van der Waals surface area contributed by atoms with E-state index in [4.69, 9.17) is 4.74 Å². The SMILES string of the molecule is CC(C)(C)OC(=O)NCc1cccc2c1NCCC2. The smallest absolute Gasteiger partial charge is 0.407 e. The number of amides is 1. The predicted octanol–water partition coefficient (Wildman–Crippen LogP) is 3.07. The topological polar surface area (TPSA) is 50.4 Å². The van der Waals surface area contributed by atoms with E-state index in [0.29, 0.717) is 6.54 Å². The van der Waals surface area contributed by atoms with E-state index in [1.807, 2.05) is 32.9 Å². The van der Waals surface area contributed by atoms with Crippen LogP contribution in [0.4, 0.5) is 10.5 Å². The number of anilines is 1. The Kier molecular flexibility index (Phi) is 3.98. The molecule has 1 aromatic carbocycles. The van der Waals surface area contributed by atoms with Gasteiger partial charge in [-0.2, -0.15) is 0 Å². The first kappa shape index (κ1) is 13.7. The summed E-state index contributed by atoms with van der Waals surface area (Å²) in [5.74, 6) is 0. The zero-order valence-corrected chi connectivity index (χ0v) is 11.9. The molecule has 1 amide bonds. The van der Waals surface area contributed by atoms with Crippen LogP contribution >= 0.6 is 0 Å². The third-order valence-electron chi connectivity index (χ3n) is 2.98. The fourth-order valence-corrected chi connectivity index (χ4v) is 2.21. The highest BCUT2D eigenvalue weighted by atomic mass is 16.6. The minimum atomic E-state index is -0.460. The van der Waals surface area contributed by atoms with Crippen LogP contribution in [0.15, 0.2) is 18.2 Å². The van der Waals surface area contributed by atoms with Crippen molar-refractivity contribution >= 4 is 11.8 Å². The van der Waals surface area contributed by atoms with Gasteiger partial charge in [0.25, 0.3) is 0 Å². The summed E-state index contributed by atoms with van der Waals surface area (Å²) in [7, 11) is 0. The molecule has 0 bridgehead atoms. The maximum absolute atomic E-state index is 11.6. The number of ether oxygens (including phenoxy) is 1. The number of rotatable bonds is 2. The second-order valence-corrected chi connectivity index (χ2v) is 5.84.